The third-order valence-corrected chi connectivity index (χ3v) is 5.31. The first-order valence-electron chi connectivity index (χ1n) is 7.48. The van der Waals surface area contributed by atoms with Gasteiger partial charge in [0.15, 0.2) is 0 Å². The van der Waals surface area contributed by atoms with E-state index >= 15 is 0 Å². The smallest absolute Gasteiger partial charge is 0.306 e. The molecule has 0 aromatic rings. The van der Waals surface area contributed by atoms with E-state index in [4.69, 9.17) is 4.74 Å². The molecule has 19 heavy (non-hydrogen) atoms. The molecule has 0 radical (unpaired) electrons. The van der Waals surface area contributed by atoms with E-state index in [2.05, 4.69) is 13.5 Å². The van der Waals surface area contributed by atoms with Gasteiger partial charge in [0.05, 0.1) is 18.6 Å². The van der Waals surface area contributed by atoms with Gasteiger partial charge in [0, 0.05) is 5.41 Å². The van der Waals surface area contributed by atoms with Crippen molar-refractivity contribution >= 4 is 5.97 Å². The first-order chi connectivity index (χ1) is 8.93. The zero-order valence-corrected chi connectivity index (χ0v) is 12.2. The van der Waals surface area contributed by atoms with E-state index < -0.39 is 5.60 Å². The van der Waals surface area contributed by atoms with Crippen molar-refractivity contribution in [3.63, 3.8) is 0 Å². The van der Waals surface area contributed by atoms with Crippen molar-refractivity contribution in [2.75, 3.05) is 6.61 Å². The van der Waals surface area contributed by atoms with Crippen molar-refractivity contribution in [1.29, 1.82) is 0 Å². The van der Waals surface area contributed by atoms with Crippen LogP contribution in [0, 0.1) is 11.3 Å². The molecule has 3 atom stereocenters. The van der Waals surface area contributed by atoms with Crippen LogP contribution in [0.15, 0.2) is 12.2 Å². The third-order valence-electron chi connectivity index (χ3n) is 5.31. The summed E-state index contributed by atoms with van der Waals surface area (Å²) in [5, 5.41) is 11.0. The molecule has 0 amide bonds. The van der Waals surface area contributed by atoms with Crippen LogP contribution in [0.1, 0.15) is 58.8 Å². The molecule has 2 aliphatic rings. The number of rotatable bonds is 3. The molecule has 0 unspecified atom stereocenters. The molecule has 2 aliphatic carbocycles. The maximum absolute atomic E-state index is 11.8. The van der Waals surface area contributed by atoms with Crippen LogP contribution in [-0.4, -0.2) is 23.3 Å². The monoisotopic (exact) mass is 266 g/mol. The minimum Gasteiger partial charge on any atom is -0.466 e. The van der Waals surface area contributed by atoms with Crippen LogP contribution in [0.2, 0.25) is 0 Å². The van der Waals surface area contributed by atoms with Gasteiger partial charge in [-0.1, -0.05) is 38.3 Å². The molecule has 0 bridgehead atoms. The first kappa shape index (κ1) is 14.6. The Morgan fingerprint density at radius 3 is 2.79 bits per heavy atom. The van der Waals surface area contributed by atoms with Crippen molar-refractivity contribution in [3.05, 3.63) is 12.2 Å². The van der Waals surface area contributed by atoms with Crippen molar-refractivity contribution in [2.24, 2.45) is 11.3 Å². The summed E-state index contributed by atoms with van der Waals surface area (Å²) in [6.45, 7) is 8.51. The summed E-state index contributed by atoms with van der Waals surface area (Å²) in [5.41, 5.74) is 0.144. The summed E-state index contributed by atoms with van der Waals surface area (Å²) in [6.07, 6.45) is 6.21. The molecule has 2 rings (SSSR count). The van der Waals surface area contributed by atoms with Crippen LogP contribution in [0.3, 0.4) is 0 Å². The van der Waals surface area contributed by atoms with Crippen LogP contribution in [0.4, 0.5) is 0 Å². The van der Waals surface area contributed by atoms with Crippen LogP contribution in [0.25, 0.3) is 0 Å². The lowest BCUT2D eigenvalue weighted by Gasteiger charge is -2.41. The Morgan fingerprint density at radius 1 is 1.42 bits per heavy atom. The largest absolute Gasteiger partial charge is 0.466 e. The highest BCUT2D eigenvalue weighted by atomic mass is 16.5. The van der Waals surface area contributed by atoms with Crippen LogP contribution >= 0.6 is 0 Å². The molecule has 0 saturated heterocycles. The Labute approximate surface area is 116 Å². The lowest BCUT2D eigenvalue weighted by Crippen LogP contribution is -2.44. The molecule has 0 aliphatic heterocycles. The van der Waals surface area contributed by atoms with Crippen LogP contribution in [0.5, 0.6) is 0 Å². The number of carbonyl (C=O) groups excluding carboxylic acids is 1. The second-order valence-electron chi connectivity index (χ2n) is 6.41. The lowest BCUT2D eigenvalue weighted by molar-refractivity contribution is -0.146. The number of ether oxygens (including phenoxy) is 1. The number of hydrogen-bond acceptors (Lipinski definition) is 3. The average molecular weight is 266 g/mol. The maximum atomic E-state index is 11.8. The summed E-state index contributed by atoms with van der Waals surface area (Å²) in [7, 11) is 0. The van der Waals surface area contributed by atoms with E-state index in [0.717, 1.165) is 31.3 Å². The molecular formula is C16H26O3. The number of fused-ring (bicyclic) bond motifs is 1. The molecule has 108 valence electrons. The van der Waals surface area contributed by atoms with Gasteiger partial charge >= 0.3 is 5.97 Å². The summed E-state index contributed by atoms with van der Waals surface area (Å²) in [6, 6.07) is 0. The summed E-state index contributed by atoms with van der Waals surface area (Å²) >= 11 is 0. The van der Waals surface area contributed by atoms with Crippen molar-refractivity contribution < 1.29 is 14.6 Å². The van der Waals surface area contributed by atoms with Gasteiger partial charge in [-0.25, -0.2) is 0 Å². The summed E-state index contributed by atoms with van der Waals surface area (Å²) in [4.78, 5) is 11.8. The molecular weight excluding hydrogens is 240 g/mol. The quantitative estimate of drug-likeness (QED) is 0.630. The van der Waals surface area contributed by atoms with Crippen LogP contribution in [-0.2, 0) is 9.53 Å². The fourth-order valence-electron chi connectivity index (χ4n) is 4.10. The van der Waals surface area contributed by atoms with Gasteiger partial charge in [0.25, 0.3) is 0 Å². The second kappa shape index (κ2) is 5.28. The molecule has 1 N–H and O–H groups in total. The highest BCUT2D eigenvalue weighted by Gasteiger charge is 2.58. The van der Waals surface area contributed by atoms with Crippen molar-refractivity contribution in [1.82, 2.24) is 0 Å². The standard InChI is InChI=1S/C16H26O3/c1-4-19-14(17)10-13-12(2)11-16(18)9-7-5-6-8-15(13,16)3/h13,18H,2,4-11H2,1,3H3/t13-,15-,16-/m1/s1. The maximum Gasteiger partial charge on any atom is 0.306 e. The fraction of sp³-hybridized carbons (Fsp3) is 0.812. The number of hydrogen-bond donors (Lipinski definition) is 1. The van der Waals surface area contributed by atoms with E-state index in [0.29, 0.717) is 19.4 Å². The third kappa shape index (κ3) is 2.45. The van der Waals surface area contributed by atoms with E-state index in [9.17, 15) is 9.90 Å². The Balaban J connectivity index is 2.22. The number of aliphatic hydroxyl groups is 1. The Bertz CT molecular complexity index is 376. The zero-order valence-electron chi connectivity index (χ0n) is 12.2. The molecule has 0 aromatic carbocycles. The minimum atomic E-state index is -0.669. The Kier molecular flexibility index (Phi) is 4.05. The highest BCUT2D eigenvalue weighted by molar-refractivity contribution is 5.70. The molecule has 0 heterocycles. The SMILES string of the molecule is C=C1C[C@]2(O)CCCCC[C@]2(C)[C@@H]1CC(=O)OCC. The highest BCUT2D eigenvalue weighted by Crippen LogP contribution is 2.59. The molecule has 2 saturated carbocycles. The van der Waals surface area contributed by atoms with E-state index in [1.807, 2.05) is 6.92 Å². The molecule has 2 fully saturated rings. The fourth-order valence-corrected chi connectivity index (χ4v) is 4.10. The Morgan fingerprint density at radius 2 is 2.11 bits per heavy atom. The molecule has 0 spiro atoms. The predicted octanol–water partition coefficient (Wildman–Crippen LogP) is 3.22. The normalized spacial score (nSPS) is 38.7. The van der Waals surface area contributed by atoms with E-state index in [-0.39, 0.29) is 17.3 Å². The van der Waals surface area contributed by atoms with Gasteiger partial charge in [-0.3, -0.25) is 4.79 Å². The van der Waals surface area contributed by atoms with Crippen molar-refractivity contribution in [3.8, 4) is 0 Å². The topological polar surface area (TPSA) is 46.5 Å². The van der Waals surface area contributed by atoms with Gasteiger partial charge < -0.3 is 9.84 Å². The molecule has 0 aromatic heterocycles. The molecule has 3 nitrogen and oxygen atoms in total. The van der Waals surface area contributed by atoms with Gasteiger partial charge in [-0.05, 0) is 32.1 Å². The lowest BCUT2D eigenvalue weighted by atomic mass is 9.66. The van der Waals surface area contributed by atoms with Crippen LogP contribution < -0.4 is 0 Å². The summed E-state index contributed by atoms with van der Waals surface area (Å²) in [5.74, 6) is -0.0991. The zero-order chi connectivity index (χ0) is 14.1. The van der Waals surface area contributed by atoms with Gasteiger partial charge in [0.2, 0.25) is 0 Å². The number of esters is 1. The van der Waals surface area contributed by atoms with Gasteiger partial charge in [-0.15, -0.1) is 0 Å². The minimum absolute atomic E-state index is 0.0645. The number of carbonyl (C=O) groups is 1. The second-order valence-corrected chi connectivity index (χ2v) is 6.41. The summed E-state index contributed by atoms with van der Waals surface area (Å²) < 4.78 is 5.08. The first-order valence-corrected chi connectivity index (χ1v) is 7.48. The average Bonchev–Trinajstić information content (AvgIpc) is 2.46. The van der Waals surface area contributed by atoms with Crippen molar-refractivity contribution in [2.45, 2.75) is 64.4 Å². The Hall–Kier alpha value is -0.830. The molecule has 3 heteroatoms. The van der Waals surface area contributed by atoms with E-state index in [1.165, 1.54) is 6.42 Å². The predicted molar refractivity (Wildman–Crippen MR) is 74.6 cm³/mol. The van der Waals surface area contributed by atoms with Gasteiger partial charge in [-0.2, -0.15) is 0 Å². The van der Waals surface area contributed by atoms with Gasteiger partial charge in [0.1, 0.15) is 0 Å². The van der Waals surface area contributed by atoms with E-state index in [1.54, 1.807) is 0 Å².